The molecule has 0 aliphatic heterocycles. The summed E-state index contributed by atoms with van der Waals surface area (Å²) in [4.78, 5) is 4.66. The molecule has 3 nitrogen and oxygen atoms in total. The molecule has 0 unspecified atom stereocenters. The normalized spacial score (nSPS) is 11.2. The molecular formula is C16H22N2O. The summed E-state index contributed by atoms with van der Waals surface area (Å²) < 4.78 is 5.52. The van der Waals surface area contributed by atoms with Gasteiger partial charge in [-0.25, -0.2) is 4.98 Å². The van der Waals surface area contributed by atoms with Crippen molar-refractivity contribution in [1.29, 1.82) is 0 Å². The molecule has 1 heterocycles. The maximum Gasteiger partial charge on any atom is 0.129 e. The molecule has 0 spiro atoms. The molecule has 3 heteroatoms. The molecule has 0 bridgehead atoms. The summed E-state index contributed by atoms with van der Waals surface area (Å²) >= 11 is 0. The van der Waals surface area contributed by atoms with Gasteiger partial charge in [0.2, 0.25) is 0 Å². The number of benzene rings is 1. The lowest BCUT2D eigenvalue weighted by Gasteiger charge is -2.11. The van der Waals surface area contributed by atoms with Crippen LogP contribution in [0.5, 0.6) is 0 Å². The van der Waals surface area contributed by atoms with Gasteiger partial charge in [0.1, 0.15) is 5.82 Å². The zero-order valence-electron chi connectivity index (χ0n) is 11.9. The molecule has 0 saturated heterocycles. The number of aryl methyl sites for hydroxylation is 1. The minimum Gasteiger partial charge on any atom is -0.379 e. The molecule has 2 aromatic rings. The van der Waals surface area contributed by atoms with Crippen LogP contribution in [0.2, 0.25) is 0 Å². The number of rotatable bonds is 6. The predicted molar refractivity (Wildman–Crippen MR) is 80.7 cm³/mol. The smallest absolute Gasteiger partial charge is 0.129 e. The number of ether oxygens (including phenoxy) is 1. The molecule has 0 atom stereocenters. The van der Waals surface area contributed by atoms with Crippen molar-refractivity contribution in [2.24, 2.45) is 0 Å². The van der Waals surface area contributed by atoms with E-state index in [0.717, 1.165) is 30.9 Å². The van der Waals surface area contributed by atoms with Gasteiger partial charge in [-0.15, -0.1) is 0 Å². The molecule has 0 radical (unpaired) electrons. The lowest BCUT2D eigenvalue weighted by molar-refractivity contribution is 0.0787. The first kappa shape index (κ1) is 13.8. The first-order valence-corrected chi connectivity index (χ1v) is 6.88. The molecule has 0 aliphatic rings. The van der Waals surface area contributed by atoms with Crippen molar-refractivity contribution in [1.82, 2.24) is 4.98 Å². The lowest BCUT2D eigenvalue weighted by Crippen LogP contribution is -2.10. The molecule has 1 aromatic heterocycles. The van der Waals surface area contributed by atoms with E-state index in [1.54, 1.807) is 0 Å². The van der Waals surface area contributed by atoms with Gasteiger partial charge in [0.15, 0.2) is 0 Å². The molecule has 0 fully saturated rings. The fraction of sp³-hybridized carbons (Fsp3) is 0.438. The zero-order chi connectivity index (χ0) is 13.7. The van der Waals surface area contributed by atoms with Gasteiger partial charge in [-0.2, -0.15) is 0 Å². The third kappa shape index (κ3) is 3.93. The largest absolute Gasteiger partial charge is 0.379 e. The molecule has 0 amide bonds. The van der Waals surface area contributed by atoms with Crippen molar-refractivity contribution in [3.63, 3.8) is 0 Å². The summed E-state index contributed by atoms with van der Waals surface area (Å²) in [6, 6.07) is 10.4. The highest BCUT2D eigenvalue weighted by molar-refractivity contribution is 5.81. The van der Waals surface area contributed by atoms with Gasteiger partial charge in [0.05, 0.1) is 11.6 Å². The number of fused-ring (bicyclic) bond motifs is 1. The van der Waals surface area contributed by atoms with Gasteiger partial charge in [-0.05, 0) is 44.9 Å². The Morgan fingerprint density at radius 1 is 1.26 bits per heavy atom. The Labute approximate surface area is 115 Å². The van der Waals surface area contributed by atoms with Crippen molar-refractivity contribution in [3.8, 4) is 0 Å². The van der Waals surface area contributed by atoms with E-state index in [9.17, 15) is 0 Å². The first-order chi connectivity index (χ1) is 9.16. The van der Waals surface area contributed by atoms with E-state index < -0.39 is 0 Å². The van der Waals surface area contributed by atoms with Crippen LogP contribution >= 0.6 is 0 Å². The number of aromatic nitrogens is 1. The highest BCUT2D eigenvalue weighted by atomic mass is 16.5. The number of hydrogen-bond donors (Lipinski definition) is 1. The van der Waals surface area contributed by atoms with E-state index in [0.29, 0.717) is 6.10 Å². The molecule has 1 aromatic carbocycles. The van der Waals surface area contributed by atoms with Gasteiger partial charge in [0, 0.05) is 18.5 Å². The standard InChI is InChI=1S/C16H22N2O/c1-12(2)19-10-6-9-17-16-13(3)11-14-7-4-5-8-15(14)18-16/h4-5,7-8,11-12H,6,9-10H2,1-3H3,(H,17,18). The summed E-state index contributed by atoms with van der Waals surface area (Å²) in [5.41, 5.74) is 2.22. The third-order valence-electron chi connectivity index (χ3n) is 2.98. The lowest BCUT2D eigenvalue weighted by atomic mass is 10.1. The number of para-hydroxylation sites is 1. The van der Waals surface area contributed by atoms with Crippen LogP contribution in [0, 0.1) is 6.92 Å². The summed E-state index contributed by atoms with van der Waals surface area (Å²) in [6.07, 6.45) is 1.30. The van der Waals surface area contributed by atoms with E-state index in [1.165, 1.54) is 10.9 Å². The van der Waals surface area contributed by atoms with Gasteiger partial charge in [0.25, 0.3) is 0 Å². The van der Waals surface area contributed by atoms with Crippen LogP contribution in [0.25, 0.3) is 10.9 Å². The van der Waals surface area contributed by atoms with E-state index >= 15 is 0 Å². The van der Waals surface area contributed by atoms with Crippen LogP contribution in [-0.2, 0) is 4.74 Å². The Kier molecular flexibility index (Phi) is 4.74. The number of hydrogen-bond acceptors (Lipinski definition) is 3. The summed E-state index contributed by atoms with van der Waals surface area (Å²) in [5, 5.41) is 4.58. The van der Waals surface area contributed by atoms with E-state index in [-0.39, 0.29) is 0 Å². The quantitative estimate of drug-likeness (QED) is 0.801. The van der Waals surface area contributed by atoms with Crippen LogP contribution in [-0.4, -0.2) is 24.2 Å². The van der Waals surface area contributed by atoms with E-state index in [1.807, 2.05) is 18.2 Å². The summed E-state index contributed by atoms with van der Waals surface area (Å²) in [5.74, 6) is 0.975. The van der Waals surface area contributed by atoms with Crippen LogP contribution in [0.4, 0.5) is 5.82 Å². The van der Waals surface area contributed by atoms with Crippen LogP contribution in [0.3, 0.4) is 0 Å². The summed E-state index contributed by atoms with van der Waals surface area (Å²) in [7, 11) is 0. The SMILES string of the molecule is Cc1cc2ccccc2nc1NCCCOC(C)C. The van der Waals surface area contributed by atoms with Crippen molar-refractivity contribution in [3.05, 3.63) is 35.9 Å². The number of anilines is 1. The average Bonchev–Trinajstić information content (AvgIpc) is 2.38. The fourth-order valence-corrected chi connectivity index (χ4v) is 2.00. The van der Waals surface area contributed by atoms with Gasteiger partial charge < -0.3 is 10.1 Å². The zero-order valence-corrected chi connectivity index (χ0v) is 11.9. The first-order valence-electron chi connectivity index (χ1n) is 6.88. The van der Waals surface area contributed by atoms with Crippen molar-refractivity contribution >= 4 is 16.7 Å². The van der Waals surface area contributed by atoms with E-state index in [2.05, 4.69) is 43.2 Å². The second kappa shape index (κ2) is 6.53. The topological polar surface area (TPSA) is 34.2 Å². The minimum atomic E-state index is 0.306. The van der Waals surface area contributed by atoms with Gasteiger partial charge in [-0.1, -0.05) is 18.2 Å². The molecule has 1 N–H and O–H groups in total. The average molecular weight is 258 g/mol. The number of nitrogens with zero attached hydrogens (tertiary/aromatic N) is 1. The minimum absolute atomic E-state index is 0.306. The highest BCUT2D eigenvalue weighted by Crippen LogP contribution is 2.19. The third-order valence-corrected chi connectivity index (χ3v) is 2.98. The molecule has 102 valence electrons. The highest BCUT2D eigenvalue weighted by Gasteiger charge is 2.02. The maximum absolute atomic E-state index is 5.52. The Hall–Kier alpha value is -1.61. The Balaban J connectivity index is 1.95. The molecule has 19 heavy (non-hydrogen) atoms. The molecule has 0 aliphatic carbocycles. The second-order valence-corrected chi connectivity index (χ2v) is 5.05. The van der Waals surface area contributed by atoms with Crippen LogP contribution < -0.4 is 5.32 Å². The molecule has 2 rings (SSSR count). The van der Waals surface area contributed by atoms with Crippen LogP contribution in [0.15, 0.2) is 30.3 Å². The number of pyridine rings is 1. The van der Waals surface area contributed by atoms with E-state index in [4.69, 9.17) is 4.74 Å². The fourth-order valence-electron chi connectivity index (χ4n) is 2.00. The van der Waals surface area contributed by atoms with Crippen molar-refractivity contribution in [2.75, 3.05) is 18.5 Å². The number of nitrogens with one attached hydrogen (secondary N) is 1. The van der Waals surface area contributed by atoms with Gasteiger partial charge in [-0.3, -0.25) is 0 Å². The second-order valence-electron chi connectivity index (χ2n) is 5.05. The molecular weight excluding hydrogens is 236 g/mol. The van der Waals surface area contributed by atoms with Crippen molar-refractivity contribution < 1.29 is 4.74 Å². The van der Waals surface area contributed by atoms with Crippen LogP contribution in [0.1, 0.15) is 25.8 Å². The Bertz CT molecular complexity index is 537. The monoisotopic (exact) mass is 258 g/mol. The Morgan fingerprint density at radius 2 is 2.05 bits per heavy atom. The maximum atomic E-state index is 5.52. The van der Waals surface area contributed by atoms with Crippen molar-refractivity contribution in [2.45, 2.75) is 33.3 Å². The Morgan fingerprint density at radius 3 is 2.84 bits per heavy atom. The van der Waals surface area contributed by atoms with Gasteiger partial charge >= 0.3 is 0 Å². The summed E-state index contributed by atoms with van der Waals surface area (Å²) in [6.45, 7) is 7.88. The molecule has 0 saturated carbocycles. The predicted octanol–water partition coefficient (Wildman–Crippen LogP) is 3.77.